The molecule has 2 aromatic heterocycles. The predicted molar refractivity (Wildman–Crippen MR) is 131 cm³/mol. The molecule has 9 heteroatoms. The highest BCUT2D eigenvalue weighted by Crippen LogP contribution is 2.13. The number of halogens is 1. The largest absolute Gasteiger partial charge is 0.356 e. The fourth-order valence-electron chi connectivity index (χ4n) is 3.19. The van der Waals surface area contributed by atoms with Gasteiger partial charge >= 0.3 is 0 Å². The maximum absolute atomic E-state index is 4.64. The van der Waals surface area contributed by atoms with Crippen molar-refractivity contribution in [2.45, 2.75) is 39.7 Å². The van der Waals surface area contributed by atoms with Crippen LogP contribution in [0.5, 0.6) is 0 Å². The van der Waals surface area contributed by atoms with Crippen molar-refractivity contribution in [3.8, 4) is 5.69 Å². The van der Waals surface area contributed by atoms with Gasteiger partial charge in [0.05, 0.1) is 11.4 Å². The Kier molecular flexibility index (Phi) is 9.78. The zero-order chi connectivity index (χ0) is 20.5. The average Bonchev–Trinajstić information content (AvgIpc) is 3.36. The van der Waals surface area contributed by atoms with Crippen molar-refractivity contribution in [3.05, 3.63) is 59.9 Å². The highest BCUT2D eigenvalue weighted by atomic mass is 127. The molecule has 0 aliphatic heterocycles. The Hall–Kier alpha value is -2.43. The second kappa shape index (κ2) is 12.3. The molecule has 1 aromatic carbocycles. The van der Waals surface area contributed by atoms with Crippen LogP contribution < -0.4 is 10.6 Å². The summed E-state index contributed by atoms with van der Waals surface area (Å²) in [5.41, 5.74) is 3.44. The standard InChI is InChI=1S/C21H30N8.HI/c1-4-20-26-25-16-28(20)14-13-24-21(22-3)23-12-8-9-18-15-29(27-17(18)2)19-10-6-5-7-11-19;/h5-7,10-11,15-16H,4,8-9,12-14H2,1-3H3,(H2,22,23,24);1H. The number of aliphatic imine (C=N–C) groups is 1. The number of benzene rings is 1. The molecular formula is C21H31IN8. The van der Waals surface area contributed by atoms with Gasteiger partial charge in [0.1, 0.15) is 12.2 Å². The molecule has 0 amide bonds. The molecular weight excluding hydrogens is 491 g/mol. The summed E-state index contributed by atoms with van der Waals surface area (Å²) < 4.78 is 4.02. The smallest absolute Gasteiger partial charge is 0.191 e. The Morgan fingerprint density at radius 1 is 1.13 bits per heavy atom. The Morgan fingerprint density at radius 2 is 1.90 bits per heavy atom. The van der Waals surface area contributed by atoms with Crippen LogP contribution in [0.1, 0.15) is 30.4 Å². The molecule has 0 unspecified atom stereocenters. The van der Waals surface area contributed by atoms with Gasteiger partial charge in [-0.3, -0.25) is 4.99 Å². The zero-order valence-corrected chi connectivity index (χ0v) is 20.2. The number of aryl methyl sites for hydroxylation is 3. The second-order valence-corrected chi connectivity index (χ2v) is 6.84. The molecule has 0 bridgehead atoms. The van der Waals surface area contributed by atoms with Crippen molar-refractivity contribution >= 4 is 29.9 Å². The van der Waals surface area contributed by atoms with Crippen LogP contribution in [0.4, 0.5) is 0 Å². The predicted octanol–water partition coefficient (Wildman–Crippen LogP) is 2.75. The quantitative estimate of drug-likeness (QED) is 0.196. The summed E-state index contributed by atoms with van der Waals surface area (Å²) in [5, 5.41) is 19.4. The zero-order valence-electron chi connectivity index (χ0n) is 17.9. The van der Waals surface area contributed by atoms with E-state index in [-0.39, 0.29) is 24.0 Å². The minimum atomic E-state index is 0. The molecule has 0 fully saturated rings. The van der Waals surface area contributed by atoms with Crippen LogP contribution in [0.2, 0.25) is 0 Å². The minimum absolute atomic E-state index is 0. The third kappa shape index (κ3) is 6.54. The summed E-state index contributed by atoms with van der Waals surface area (Å²) in [6.07, 6.45) is 6.76. The van der Waals surface area contributed by atoms with E-state index in [4.69, 9.17) is 0 Å². The summed E-state index contributed by atoms with van der Waals surface area (Å²) in [6, 6.07) is 10.2. The molecule has 3 rings (SSSR count). The molecule has 8 nitrogen and oxygen atoms in total. The number of aromatic nitrogens is 5. The van der Waals surface area contributed by atoms with Crippen molar-refractivity contribution in [3.63, 3.8) is 0 Å². The second-order valence-electron chi connectivity index (χ2n) is 6.84. The third-order valence-corrected chi connectivity index (χ3v) is 4.82. The third-order valence-electron chi connectivity index (χ3n) is 4.82. The van der Waals surface area contributed by atoms with E-state index in [9.17, 15) is 0 Å². The van der Waals surface area contributed by atoms with E-state index in [0.29, 0.717) is 0 Å². The molecule has 2 heterocycles. The van der Waals surface area contributed by atoms with Gasteiger partial charge < -0.3 is 15.2 Å². The van der Waals surface area contributed by atoms with Crippen molar-refractivity contribution in [1.29, 1.82) is 0 Å². The van der Waals surface area contributed by atoms with Gasteiger partial charge in [0.2, 0.25) is 0 Å². The first-order valence-electron chi connectivity index (χ1n) is 10.1. The lowest BCUT2D eigenvalue weighted by molar-refractivity contribution is 0.630. The first-order valence-corrected chi connectivity index (χ1v) is 10.1. The number of para-hydroxylation sites is 1. The molecule has 0 saturated carbocycles. The monoisotopic (exact) mass is 522 g/mol. The maximum Gasteiger partial charge on any atom is 0.191 e. The summed E-state index contributed by atoms with van der Waals surface area (Å²) >= 11 is 0. The molecule has 0 atom stereocenters. The van der Waals surface area contributed by atoms with Gasteiger partial charge in [0.25, 0.3) is 0 Å². The number of guanidine groups is 1. The number of hydrogen-bond donors (Lipinski definition) is 2. The van der Waals surface area contributed by atoms with E-state index in [2.05, 4.69) is 67.7 Å². The van der Waals surface area contributed by atoms with Crippen LogP contribution in [-0.2, 0) is 19.4 Å². The van der Waals surface area contributed by atoms with Crippen LogP contribution in [-0.4, -0.2) is 50.6 Å². The van der Waals surface area contributed by atoms with E-state index >= 15 is 0 Å². The summed E-state index contributed by atoms with van der Waals surface area (Å²) in [5.74, 6) is 1.81. The molecule has 0 aliphatic rings. The summed E-state index contributed by atoms with van der Waals surface area (Å²) in [6.45, 7) is 6.59. The number of rotatable bonds is 9. The van der Waals surface area contributed by atoms with E-state index in [1.807, 2.05) is 22.9 Å². The van der Waals surface area contributed by atoms with Gasteiger partial charge in [-0.05, 0) is 37.5 Å². The number of nitrogens with zero attached hydrogens (tertiary/aromatic N) is 6. The fourth-order valence-corrected chi connectivity index (χ4v) is 3.19. The summed E-state index contributed by atoms with van der Waals surface area (Å²) in [7, 11) is 1.79. The van der Waals surface area contributed by atoms with E-state index in [0.717, 1.165) is 62.1 Å². The number of nitrogens with one attached hydrogen (secondary N) is 2. The summed E-state index contributed by atoms with van der Waals surface area (Å²) in [4.78, 5) is 4.29. The Labute approximate surface area is 195 Å². The highest BCUT2D eigenvalue weighted by molar-refractivity contribution is 14.0. The first kappa shape index (κ1) is 23.8. The SMILES string of the molecule is CCc1nncn1CCNC(=NC)NCCCc1cn(-c2ccccc2)nc1C.I. The molecule has 30 heavy (non-hydrogen) atoms. The van der Waals surface area contributed by atoms with Crippen molar-refractivity contribution < 1.29 is 0 Å². The van der Waals surface area contributed by atoms with E-state index in [1.54, 1.807) is 13.4 Å². The van der Waals surface area contributed by atoms with Crippen molar-refractivity contribution in [1.82, 2.24) is 35.2 Å². The fraction of sp³-hybridized carbons (Fsp3) is 0.429. The normalized spacial score (nSPS) is 11.2. The highest BCUT2D eigenvalue weighted by Gasteiger charge is 2.07. The maximum atomic E-state index is 4.64. The van der Waals surface area contributed by atoms with E-state index in [1.165, 1.54) is 5.56 Å². The van der Waals surface area contributed by atoms with Gasteiger partial charge in [0, 0.05) is 39.3 Å². The van der Waals surface area contributed by atoms with Crippen molar-refractivity contribution in [2.24, 2.45) is 4.99 Å². The molecule has 0 aliphatic carbocycles. The van der Waals surface area contributed by atoms with Crippen LogP contribution >= 0.6 is 24.0 Å². The van der Waals surface area contributed by atoms with Crippen LogP contribution in [0.3, 0.4) is 0 Å². The lowest BCUT2D eigenvalue weighted by atomic mass is 10.1. The van der Waals surface area contributed by atoms with Gasteiger partial charge in [-0.2, -0.15) is 5.10 Å². The Morgan fingerprint density at radius 3 is 2.63 bits per heavy atom. The van der Waals surface area contributed by atoms with Crippen molar-refractivity contribution in [2.75, 3.05) is 20.1 Å². The molecule has 0 saturated heterocycles. The number of hydrogen-bond acceptors (Lipinski definition) is 4. The van der Waals surface area contributed by atoms with Gasteiger partial charge in [-0.1, -0.05) is 25.1 Å². The molecule has 2 N–H and O–H groups in total. The Balaban J connectivity index is 0.00000320. The van der Waals surface area contributed by atoms with E-state index < -0.39 is 0 Å². The molecule has 0 spiro atoms. The first-order chi connectivity index (χ1) is 14.2. The van der Waals surface area contributed by atoms with Gasteiger partial charge in [-0.15, -0.1) is 34.2 Å². The average molecular weight is 522 g/mol. The Bertz CT molecular complexity index is 916. The minimum Gasteiger partial charge on any atom is -0.356 e. The molecule has 0 radical (unpaired) electrons. The van der Waals surface area contributed by atoms with Crippen LogP contribution in [0.15, 0.2) is 47.8 Å². The molecule has 3 aromatic rings. The van der Waals surface area contributed by atoms with Gasteiger partial charge in [-0.25, -0.2) is 4.68 Å². The van der Waals surface area contributed by atoms with Crippen LogP contribution in [0, 0.1) is 6.92 Å². The lowest BCUT2D eigenvalue weighted by Gasteiger charge is -2.12. The molecule has 162 valence electrons. The topological polar surface area (TPSA) is 85.0 Å². The van der Waals surface area contributed by atoms with Gasteiger partial charge in [0.15, 0.2) is 5.96 Å². The van der Waals surface area contributed by atoms with Crippen LogP contribution in [0.25, 0.3) is 5.69 Å². The lowest BCUT2D eigenvalue weighted by Crippen LogP contribution is -2.39.